The fourth-order valence-corrected chi connectivity index (χ4v) is 1.22. The van der Waals surface area contributed by atoms with E-state index in [2.05, 4.69) is 42.5 Å². The van der Waals surface area contributed by atoms with Gasteiger partial charge in [0.25, 0.3) is 0 Å². The van der Waals surface area contributed by atoms with Crippen LogP contribution in [0.3, 0.4) is 0 Å². The third-order valence-electron chi connectivity index (χ3n) is 1.78. The largest absolute Gasteiger partial charge is 0.197 e. The first-order valence-corrected chi connectivity index (χ1v) is 3.79. The predicted molar refractivity (Wildman–Crippen MR) is 68.6 cm³/mol. The Bertz CT molecular complexity index is 307. The van der Waals surface area contributed by atoms with Crippen molar-refractivity contribution in [3.05, 3.63) is 54.1 Å². The molecule has 0 N–H and O–H groups in total. The molecule has 0 aliphatic heterocycles. The molecule has 82 valence electrons. The summed E-state index contributed by atoms with van der Waals surface area (Å²) in [7, 11) is 0. The van der Waals surface area contributed by atoms with Gasteiger partial charge in [-0.2, -0.15) is 17.7 Å². The molecule has 0 amide bonds. The normalized spacial score (nSPS) is 11.1. The molecule has 0 nitrogen and oxygen atoms in total. The third kappa shape index (κ3) is 5.80. The second-order valence-corrected chi connectivity index (χ2v) is 2.56. The molecule has 1 aliphatic carbocycles. The minimum absolute atomic E-state index is 0. The number of hydrogen-bond donors (Lipinski definition) is 0. The van der Waals surface area contributed by atoms with E-state index in [4.69, 9.17) is 0 Å². The van der Waals surface area contributed by atoms with Gasteiger partial charge in [0.05, 0.1) is 0 Å². The first-order valence-electron chi connectivity index (χ1n) is 3.79. The molecule has 0 unspecified atom stereocenters. The topological polar surface area (TPSA) is 0 Å². The Morgan fingerprint density at radius 3 is 2.00 bits per heavy atom. The third-order valence-corrected chi connectivity index (χ3v) is 1.78. The average molecular weight is 298 g/mol. The van der Waals surface area contributed by atoms with Crippen LogP contribution in [0.25, 0.3) is 5.57 Å². The molecule has 0 bridgehead atoms. The molecule has 2 rings (SSSR count). The summed E-state index contributed by atoms with van der Waals surface area (Å²) in [4.78, 5) is 0. The smallest absolute Gasteiger partial charge is 0 e. The Morgan fingerprint density at radius 1 is 0.933 bits per heavy atom. The van der Waals surface area contributed by atoms with Crippen molar-refractivity contribution in [2.24, 2.45) is 0 Å². The number of rotatable bonds is 1. The summed E-state index contributed by atoms with van der Waals surface area (Å²) in [6.45, 7) is 0. The quantitative estimate of drug-likeness (QED) is 0.541. The number of halogens is 3. The van der Waals surface area contributed by atoms with Gasteiger partial charge in [0.1, 0.15) is 0 Å². The van der Waals surface area contributed by atoms with Gasteiger partial charge >= 0.3 is 0 Å². The van der Waals surface area contributed by atoms with Crippen LogP contribution in [-0.2, 0) is 21.7 Å². The van der Waals surface area contributed by atoms with Crippen molar-refractivity contribution in [1.82, 2.24) is 0 Å². The summed E-state index contributed by atoms with van der Waals surface area (Å²) in [5, 5.41) is 0. The van der Waals surface area contributed by atoms with E-state index in [1.54, 1.807) is 0 Å². The van der Waals surface area contributed by atoms with Gasteiger partial charge in [-0.3, -0.25) is 0 Å². The molecule has 0 aromatic heterocycles. The maximum absolute atomic E-state index is 3.28. The molecule has 0 heterocycles. The van der Waals surface area contributed by atoms with Gasteiger partial charge in [-0.25, -0.2) is 0 Å². The van der Waals surface area contributed by atoms with Crippen LogP contribution in [-0.4, -0.2) is 0 Å². The second-order valence-electron chi connectivity index (χ2n) is 2.56. The van der Waals surface area contributed by atoms with Crippen LogP contribution in [0.2, 0.25) is 0 Å². The zero-order valence-corrected chi connectivity index (χ0v) is 12.0. The minimum Gasteiger partial charge on any atom is -0.197 e. The average Bonchev–Trinajstić information content (AvgIpc) is 2.58. The van der Waals surface area contributed by atoms with Crippen LogP contribution in [0, 0.1) is 6.08 Å². The van der Waals surface area contributed by atoms with Crippen molar-refractivity contribution in [2.75, 3.05) is 0 Å². The Balaban J connectivity index is -0.000000360. The van der Waals surface area contributed by atoms with Crippen LogP contribution in [0.1, 0.15) is 12.0 Å². The molecular weight excluding hydrogens is 286 g/mol. The van der Waals surface area contributed by atoms with Crippen molar-refractivity contribution >= 4 is 42.8 Å². The molecule has 4 heteroatoms. The van der Waals surface area contributed by atoms with Crippen LogP contribution in [0.15, 0.2) is 42.5 Å². The van der Waals surface area contributed by atoms with E-state index >= 15 is 0 Å². The van der Waals surface area contributed by atoms with E-state index < -0.39 is 0 Å². The summed E-state index contributed by atoms with van der Waals surface area (Å²) >= 11 is 0. The first-order chi connectivity index (χ1) is 5.47. The van der Waals surface area contributed by atoms with Gasteiger partial charge in [0.15, 0.2) is 0 Å². The van der Waals surface area contributed by atoms with Gasteiger partial charge in [-0.15, -0.1) is 61.0 Å². The standard InChI is InChI=1S/C11H9.3ClH.Ti/c1-2-6-10(7-3-1)11-8-4-5-9-11;;;;/h1-4,6-8H,5H2;3*1H;/q-1;;;;. The summed E-state index contributed by atoms with van der Waals surface area (Å²) in [6, 6.07) is 10.4. The van der Waals surface area contributed by atoms with Crippen LogP contribution >= 0.6 is 37.2 Å². The molecule has 0 saturated heterocycles. The van der Waals surface area contributed by atoms with Crippen molar-refractivity contribution in [1.29, 1.82) is 0 Å². The van der Waals surface area contributed by atoms with Crippen molar-refractivity contribution in [3.8, 4) is 0 Å². The van der Waals surface area contributed by atoms with Crippen molar-refractivity contribution in [3.63, 3.8) is 0 Å². The Hall–Kier alpha value is 0.284. The summed E-state index contributed by atoms with van der Waals surface area (Å²) < 4.78 is 0. The maximum atomic E-state index is 3.28. The van der Waals surface area contributed by atoms with Crippen LogP contribution < -0.4 is 0 Å². The van der Waals surface area contributed by atoms with Gasteiger partial charge < -0.3 is 0 Å². The minimum atomic E-state index is 0. The summed E-state index contributed by atoms with van der Waals surface area (Å²) in [6.07, 6.45) is 8.49. The monoisotopic (exact) mass is 297 g/mol. The van der Waals surface area contributed by atoms with Crippen LogP contribution in [0.4, 0.5) is 0 Å². The van der Waals surface area contributed by atoms with E-state index in [0.29, 0.717) is 0 Å². The molecule has 0 radical (unpaired) electrons. The zero-order chi connectivity index (χ0) is 7.52. The van der Waals surface area contributed by atoms with Crippen molar-refractivity contribution < 1.29 is 21.7 Å². The van der Waals surface area contributed by atoms with E-state index in [-0.39, 0.29) is 58.9 Å². The first kappa shape index (κ1) is 20.7. The SMILES string of the molecule is Cl.Cl.Cl.[C-]1=C(c2ccccc2)C=CC1.[Ti]. The van der Waals surface area contributed by atoms with E-state index in [1.807, 2.05) is 6.07 Å². The van der Waals surface area contributed by atoms with Crippen molar-refractivity contribution in [2.45, 2.75) is 6.42 Å². The maximum Gasteiger partial charge on any atom is 0 e. The molecular formula is C11H12Cl3Ti-. The Kier molecular flexibility index (Phi) is 14.9. The molecule has 15 heavy (non-hydrogen) atoms. The van der Waals surface area contributed by atoms with Crippen LogP contribution in [0.5, 0.6) is 0 Å². The van der Waals surface area contributed by atoms with Gasteiger partial charge in [-0.1, -0.05) is 24.6 Å². The number of allylic oxidation sites excluding steroid dienone is 4. The summed E-state index contributed by atoms with van der Waals surface area (Å²) in [5.41, 5.74) is 2.49. The number of benzene rings is 1. The molecule has 1 aromatic carbocycles. The molecule has 1 aliphatic rings. The molecule has 0 spiro atoms. The summed E-state index contributed by atoms with van der Waals surface area (Å²) in [5.74, 6) is 0. The van der Waals surface area contributed by atoms with Gasteiger partial charge in [0, 0.05) is 21.7 Å². The van der Waals surface area contributed by atoms with E-state index in [1.165, 1.54) is 11.1 Å². The predicted octanol–water partition coefficient (Wildman–Crippen LogP) is 4.10. The van der Waals surface area contributed by atoms with E-state index in [0.717, 1.165) is 6.42 Å². The fourth-order valence-electron chi connectivity index (χ4n) is 1.22. The fraction of sp³-hybridized carbons (Fsp3) is 0.0909. The molecule has 1 aromatic rings. The van der Waals surface area contributed by atoms with Gasteiger partial charge in [-0.05, 0) is 0 Å². The molecule has 0 atom stereocenters. The zero-order valence-electron chi connectivity index (χ0n) is 7.97. The Labute approximate surface area is 124 Å². The molecule has 0 saturated carbocycles. The van der Waals surface area contributed by atoms with E-state index in [9.17, 15) is 0 Å². The second kappa shape index (κ2) is 10.8. The number of hydrogen-bond acceptors (Lipinski definition) is 0. The Morgan fingerprint density at radius 2 is 1.53 bits per heavy atom. The molecule has 0 fully saturated rings. The van der Waals surface area contributed by atoms with Gasteiger partial charge in [0.2, 0.25) is 0 Å².